The summed E-state index contributed by atoms with van der Waals surface area (Å²) < 4.78 is 15.6. The summed E-state index contributed by atoms with van der Waals surface area (Å²) in [4.78, 5) is 24.2. The Bertz CT molecular complexity index is 1760. The molecule has 0 saturated heterocycles. The first kappa shape index (κ1) is 40.7. The van der Waals surface area contributed by atoms with Gasteiger partial charge in [-0.05, 0) is 91.9 Å². The highest BCUT2D eigenvalue weighted by Crippen LogP contribution is 2.31. The van der Waals surface area contributed by atoms with Crippen LogP contribution in [0.1, 0.15) is 116 Å². The van der Waals surface area contributed by atoms with Gasteiger partial charge in [0.2, 0.25) is 0 Å². The van der Waals surface area contributed by atoms with Crippen LogP contribution in [0.15, 0.2) is 58.4 Å². The molecule has 0 spiro atoms. The van der Waals surface area contributed by atoms with Crippen LogP contribution in [0.4, 0.5) is 4.39 Å². The molecule has 0 fully saturated rings. The Morgan fingerprint density at radius 3 is 2.30 bits per heavy atom. The van der Waals surface area contributed by atoms with E-state index in [1.165, 1.54) is 5.56 Å². The maximum atomic E-state index is 14.0. The summed E-state index contributed by atoms with van der Waals surface area (Å²) in [6, 6.07) is 14.3. The van der Waals surface area contributed by atoms with Crippen molar-refractivity contribution in [3.8, 4) is 5.69 Å². The number of hydrogen-bond donors (Lipinski definition) is 5. The number of guanidine groups is 1. The third kappa shape index (κ3) is 12.0. The molecule has 50 heavy (non-hydrogen) atoms. The molecular weight excluding hydrogens is 651 g/mol. The normalized spacial score (nSPS) is 13.1. The molecule has 0 amide bonds. The highest BCUT2D eigenvalue weighted by Gasteiger charge is 2.21. The molecule has 0 radical (unpaired) electrons. The molecule has 2 heterocycles. The van der Waals surface area contributed by atoms with E-state index in [9.17, 15) is 9.18 Å². The van der Waals surface area contributed by atoms with E-state index in [2.05, 4.69) is 66.2 Å². The van der Waals surface area contributed by atoms with Gasteiger partial charge in [-0.3, -0.25) is 9.56 Å². The van der Waals surface area contributed by atoms with Crippen molar-refractivity contribution in [2.45, 2.75) is 117 Å². The molecule has 274 valence electrons. The number of aryl methyl sites for hydroxylation is 1. The van der Waals surface area contributed by atoms with Crippen LogP contribution in [-0.2, 0) is 17.3 Å². The highest BCUT2D eigenvalue weighted by atomic mass is 35.5. The molecular formula is C39H58ClFN8O. The molecule has 0 unspecified atom stereocenters. The van der Waals surface area contributed by atoms with Crippen LogP contribution in [-0.4, -0.2) is 39.6 Å². The number of halogens is 2. The number of benzene rings is 2. The second-order valence-electron chi connectivity index (χ2n) is 15.2. The number of nitrogens with one attached hydrogen (secondary N) is 2. The van der Waals surface area contributed by atoms with E-state index in [1.54, 1.807) is 10.6 Å². The summed E-state index contributed by atoms with van der Waals surface area (Å²) in [5.74, 6) is -0.164. The van der Waals surface area contributed by atoms with Gasteiger partial charge in [-0.2, -0.15) is 4.98 Å². The van der Waals surface area contributed by atoms with Crippen molar-refractivity contribution in [2.75, 3.05) is 13.1 Å². The van der Waals surface area contributed by atoms with Crippen molar-refractivity contribution in [3.05, 3.63) is 92.4 Å². The van der Waals surface area contributed by atoms with E-state index in [0.29, 0.717) is 17.8 Å². The van der Waals surface area contributed by atoms with E-state index in [0.717, 1.165) is 67.4 Å². The van der Waals surface area contributed by atoms with Crippen LogP contribution < -0.4 is 28.2 Å². The van der Waals surface area contributed by atoms with Crippen LogP contribution in [0.25, 0.3) is 16.7 Å². The fraction of sp³-hybridized carbons (Fsp3) is 0.513. The molecule has 9 nitrogen and oxygen atoms in total. The largest absolute Gasteiger partial charge is 0.370 e. The Morgan fingerprint density at radius 1 is 1.04 bits per heavy atom. The van der Waals surface area contributed by atoms with Crippen LogP contribution in [0.3, 0.4) is 0 Å². The lowest BCUT2D eigenvalue weighted by atomic mass is 9.85. The quantitative estimate of drug-likeness (QED) is 0.0549. The van der Waals surface area contributed by atoms with E-state index in [1.807, 2.05) is 52.1 Å². The van der Waals surface area contributed by atoms with Crippen molar-refractivity contribution in [1.82, 2.24) is 19.9 Å². The average Bonchev–Trinajstić information content (AvgIpc) is 3.45. The number of aromatic nitrogens is 3. The summed E-state index contributed by atoms with van der Waals surface area (Å²) >= 11 is 5.97. The van der Waals surface area contributed by atoms with Gasteiger partial charge in [0.05, 0.1) is 10.7 Å². The lowest BCUT2D eigenvalue weighted by molar-refractivity contribution is 0.490. The smallest absolute Gasteiger partial charge is 0.354 e. The number of nitrogens with zero attached hydrogens (tertiary/aromatic N) is 3. The summed E-state index contributed by atoms with van der Waals surface area (Å²) in [5, 5.41) is 4.73. The topological polar surface area (TPSA) is 153 Å². The Labute approximate surface area is 302 Å². The lowest BCUT2D eigenvalue weighted by Crippen LogP contribution is -2.25. The first-order valence-electron chi connectivity index (χ1n) is 17.7. The number of nitrogens with two attached hydrogens (primary N) is 3. The minimum Gasteiger partial charge on any atom is -0.370 e. The van der Waals surface area contributed by atoms with Gasteiger partial charge in [-0.1, -0.05) is 84.7 Å². The summed E-state index contributed by atoms with van der Waals surface area (Å²) in [7, 11) is 0. The molecule has 8 N–H and O–H groups in total. The molecule has 11 heteroatoms. The molecule has 2 aromatic carbocycles. The fourth-order valence-corrected chi connectivity index (χ4v) is 5.89. The van der Waals surface area contributed by atoms with Gasteiger partial charge in [-0.15, -0.1) is 0 Å². The number of H-pyrrole nitrogens is 1. The van der Waals surface area contributed by atoms with Gasteiger partial charge < -0.3 is 27.5 Å². The SMILES string of the molecule is CCC[C@H](NCCCN=C(N)N)c1ccc(-n2cc3cc(C(C)(C)C)[nH]c3nc2=O)cc1.C[C@H](N)CCCc1cc(Cl)c(F)c(C(C)(C)C)c1. The zero-order valence-electron chi connectivity index (χ0n) is 31.2. The first-order valence-corrected chi connectivity index (χ1v) is 18.0. The van der Waals surface area contributed by atoms with Gasteiger partial charge in [0, 0.05) is 41.3 Å². The van der Waals surface area contributed by atoms with Crippen molar-refractivity contribution in [1.29, 1.82) is 0 Å². The third-order valence-corrected chi connectivity index (χ3v) is 8.78. The maximum Gasteiger partial charge on any atom is 0.354 e. The summed E-state index contributed by atoms with van der Waals surface area (Å²) in [5.41, 5.74) is 21.4. The zero-order chi connectivity index (χ0) is 37.2. The number of aliphatic imine (C=N–C) groups is 1. The van der Waals surface area contributed by atoms with E-state index in [-0.39, 0.29) is 45.4 Å². The predicted octanol–water partition coefficient (Wildman–Crippen LogP) is 7.55. The average molecular weight is 709 g/mol. The Morgan fingerprint density at radius 2 is 1.72 bits per heavy atom. The van der Waals surface area contributed by atoms with Crippen molar-refractivity contribution >= 4 is 28.6 Å². The molecule has 0 aliphatic heterocycles. The van der Waals surface area contributed by atoms with Crippen molar-refractivity contribution in [2.24, 2.45) is 22.2 Å². The summed E-state index contributed by atoms with van der Waals surface area (Å²) in [6.07, 6.45) is 7.68. The van der Waals surface area contributed by atoms with Gasteiger partial charge >= 0.3 is 5.69 Å². The van der Waals surface area contributed by atoms with E-state index in [4.69, 9.17) is 28.8 Å². The minimum atomic E-state index is -0.296. The number of fused-ring (bicyclic) bond motifs is 1. The van der Waals surface area contributed by atoms with Gasteiger partial charge in [0.25, 0.3) is 0 Å². The van der Waals surface area contributed by atoms with Crippen molar-refractivity contribution < 1.29 is 4.39 Å². The van der Waals surface area contributed by atoms with E-state index < -0.39 is 0 Å². The first-order chi connectivity index (χ1) is 23.4. The lowest BCUT2D eigenvalue weighted by Gasteiger charge is -2.21. The monoisotopic (exact) mass is 708 g/mol. The van der Waals surface area contributed by atoms with Gasteiger partial charge in [-0.25, -0.2) is 9.18 Å². The second kappa shape index (κ2) is 18.0. The Hall–Kier alpha value is -3.73. The predicted molar refractivity (Wildman–Crippen MR) is 208 cm³/mol. The minimum absolute atomic E-state index is 0.0409. The number of rotatable bonds is 13. The maximum absolute atomic E-state index is 14.0. The number of aromatic amines is 1. The molecule has 0 saturated carbocycles. The second-order valence-corrected chi connectivity index (χ2v) is 15.6. The van der Waals surface area contributed by atoms with Gasteiger partial charge in [0.15, 0.2) is 5.96 Å². The molecule has 0 bridgehead atoms. The molecule has 2 aromatic heterocycles. The molecule has 4 aromatic rings. The third-order valence-electron chi connectivity index (χ3n) is 8.51. The van der Waals surface area contributed by atoms with Gasteiger partial charge in [0.1, 0.15) is 11.5 Å². The standard InChI is InChI=1S/C24H35N7O.C15H23ClFN/c1-5-7-19(27-12-6-13-28-22(25)26)16-8-10-18(11-9-16)31-15-17-14-20(24(2,3)4)29-21(17)30-23(31)32;1-10(18)6-5-7-11-8-12(15(2,3)4)14(17)13(16)9-11/h8-11,14-15,19,27H,5-7,12-13H2,1-4H3,(H4,25,26,28)(H,29,30,32);8-10H,5-7,18H2,1-4H3/t19-;10-/m00/s1. The molecule has 4 rings (SSSR count). The molecule has 0 aliphatic carbocycles. The Balaban J connectivity index is 0.000000319. The van der Waals surface area contributed by atoms with Crippen LogP contribution >= 0.6 is 11.6 Å². The molecule has 0 aliphatic rings. The highest BCUT2D eigenvalue weighted by molar-refractivity contribution is 6.30. The zero-order valence-corrected chi connectivity index (χ0v) is 31.9. The fourth-order valence-electron chi connectivity index (χ4n) is 5.65. The van der Waals surface area contributed by atoms with E-state index >= 15 is 0 Å². The van der Waals surface area contributed by atoms with Crippen LogP contribution in [0.2, 0.25) is 5.02 Å². The van der Waals surface area contributed by atoms with Crippen LogP contribution in [0.5, 0.6) is 0 Å². The Kier molecular flexibility index (Phi) is 14.6. The summed E-state index contributed by atoms with van der Waals surface area (Å²) in [6.45, 7) is 18.0. The molecule has 2 atom stereocenters. The number of hydrogen-bond acceptors (Lipinski definition) is 5. The van der Waals surface area contributed by atoms with Crippen LogP contribution in [0, 0.1) is 5.82 Å². The van der Waals surface area contributed by atoms with Crippen molar-refractivity contribution in [3.63, 3.8) is 0 Å².